The van der Waals surface area contributed by atoms with Crippen LogP contribution < -0.4 is 10.4 Å². The van der Waals surface area contributed by atoms with Crippen LogP contribution in [-0.4, -0.2) is 31.9 Å². The molecular weight excluding hydrogens is 326 g/mol. The molecule has 0 aromatic heterocycles. The highest BCUT2D eigenvalue weighted by atomic mass is 28.4. The standard InChI is InChI=1S/C21H27NO2Si/c1-21(2,3)25(19-12-6-4-7-13-19,20-14-8-5-9-15-20)24-18-11-10-16-22(23)17-18/h4-9,12-16,18H,10-11,17H2,1-3H3/t18-/m0/s1. The van der Waals surface area contributed by atoms with Crippen molar-refractivity contribution in [3.8, 4) is 0 Å². The third-order valence-electron chi connectivity index (χ3n) is 4.97. The first kappa shape index (κ1) is 17.9. The lowest BCUT2D eigenvalue weighted by molar-refractivity contribution is -0.469. The van der Waals surface area contributed by atoms with Crippen LogP contribution >= 0.6 is 0 Å². The Morgan fingerprint density at radius 2 is 1.48 bits per heavy atom. The predicted octanol–water partition coefficient (Wildman–Crippen LogP) is 3.31. The van der Waals surface area contributed by atoms with Gasteiger partial charge >= 0.3 is 0 Å². The molecule has 0 spiro atoms. The summed E-state index contributed by atoms with van der Waals surface area (Å²) < 4.78 is 8.00. The third kappa shape index (κ3) is 3.55. The third-order valence-corrected chi connectivity index (χ3v) is 10.1. The summed E-state index contributed by atoms with van der Waals surface area (Å²) in [5.74, 6) is 0. The highest BCUT2D eigenvalue weighted by molar-refractivity contribution is 6.99. The summed E-state index contributed by atoms with van der Waals surface area (Å²) in [5, 5.41) is 14.4. The Balaban J connectivity index is 2.14. The zero-order chi connectivity index (χ0) is 17.9. The van der Waals surface area contributed by atoms with Crippen molar-refractivity contribution in [2.24, 2.45) is 0 Å². The van der Waals surface area contributed by atoms with Gasteiger partial charge in [0.1, 0.15) is 6.10 Å². The SMILES string of the molecule is CC(C)(C)[Si](O[C@H]1CCC=[N+]([O-])C1)(c1ccccc1)c1ccccc1. The Morgan fingerprint density at radius 3 is 1.92 bits per heavy atom. The fraction of sp³-hybridized carbons (Fsp3) is 0.381. The molecular formula is C21H27NO2Si. The van der Waals surface area contributed by atoms with E-state index < -0.39 is 8.32 Å². The van der Waals surface area contributed by atoms with Gasteiger partial charge in [0.05, 0.1) is 0 Å². The van der Waals surface area contributed by atoms with Crippen molar-refractivity contribution in [3.63, 3.8) is 0 Å². The van der Waals surface area contributed by atoms with Crippen molar-refractivity contribution >= 4 is 24.9 Å². The minimum atomic E-state index is -2.55. The molecule has 0 N–H and O–H groups in total. The van der Waals surface area contributed by atoms with E-state index in [4.69, 9.17) is 4.43 Å². The van der Waals surface area contributed by atoms with Gasteiger partial charge in [-0.3, -0.25) is 0 Å². The Hall–Kier alpha value is -1.91. The summed E-state index contributed by atoms with van der Waals surface area (Å²) >= 11 is 0. The van der Waals surface area contributed by atoms with E-state index in [0.717, 1.165) is 17.6 Å². The Labute approximate surface area is 151 Å². The van der Waals surface area contributed by atoms with Crippen LogP contribution in [0.2, 0.25) is 5.04 Å². The van der Waals surface area contributed by atoms with Crippen molar-refractivity contribution in [1.29, 1.82) is 0 Å². The van der Waals surface area contributed by atoms with Gasteiger partial charge in [0, 0.05) is 6.42 Å². The molecule has 0 saturated carbocycles. The average molecular weight is 354 g/mol. The largest absolute Gasteiger partial charge is 0.624 e. The molecule has 1 atom stereocenters. The topological polar surface area (TPSA) is 35.3 Å². The summed E-state index contributed by atoms with van der Waals surface area (Å²) in [6.45, 7) is 7.22. The second-order valence-corrected chi connectivity index (χ2v) is 12.0. The number of hydroxylamine groups is 1. The minimum absolute atomic E-state index is 0.0335. The van der Waals surface area contributed by atoms with Crippen LogP contribution in [-0.2, 0) is 4.43 Å². The van der Waals surface area contributed by atoms with Crippen LogP contribution in [0.3, 0.4) is 0 Å². The van der Waals surface area contributed by atoms with E-state index in [2.05, 4.69) is 69.3 Å². The fourth-order valence-corrected chi connectivity index (χ4v) is 8.52. The molecule has 2 aromatic carbocycles. The van der Waals surface area contributed by atoms with Gasteiger partial charge in [0.25, 0.3) is 8.32 Å². The maximum absolute atomic E-state index is 11.9. The zero-order valence-corrected chi connectivity index (χ0v) is 16.3. The van der Waals surface area contributed by atoms with E-state index in [1.165, 1.54) is 10.4 Å². The zero-order valence-electron chi connectivity index (χ0n) is 15.3. The van der Waals surface area contributed by atoms with Crippen molar-refractivity contribution in [2.45, 2.75) is 44.8 Å². The quantitative estimate of drug-likeness (QED) is 0.480. The molecule has 0 bridgehead atoms. The molecule has 0 radical (unpaired) electrons. The molecule has 2 aromatic rings. The molecule has 0 saturated heterocycles. The summed E-state index contributed by atoms with van der Waals surface area (Å²) in [6, 6.07) is 21.2. The smallest absolute Gasteiger partial charge is 0.261 e. The van der Waals surface area contributed by atoms with Crippen molar-refractivity contribution < 1.29 is 9.16 Å². The molecule has 1 heterocycles. The maximum atomic E-state index is 11.9. The normalized spacial score (nSPS) is 18.7. The van der Waals surface area contributed by atoms with Crippen LogP contribution in [0.25, 0.3) is 0 Å². The Morgan fingerprint density at radius 1 is 0.960 bits per heavy atom. The number of rotatable bonds is 4. The van der Waals surface area contributed by atoms with Gasteiger partial charge in [-0.2, -0.15) is 0 Å². The molecule has 0 aliphatic carbocycles. The van der Waals surface area contributed by atoms with Gasteiger partial charge in [-0.05, 0) is 21.8 Å². The molecule has 0 fully saturated rings. The number of hydrogen-bond acceptors (Lipinski definition) is 2. The van der Waals surface area contributed by atoms with Gasteiger partial charge in [0.2, 0.25) is 0 Å². The highest BCUT2D eigenvalue weighted by Crippen LogP contribution is 2.38. The van der Waals surface area contributed by atoms with Gasteiger partial charge in [-0.15, -0.1) is 0 Å². The van der Waals surface area contributed by atoms with Gasteiger partial charge in [0.15, 0.2) is 12.8 Å². The van der Waals surface area contributed by atoms with E-state index in [1.807, 2.05) is 12.1 Å². The lowest BCUT2D eigenvalue weighted by Crippen LogP contribution is -2.68. The lowest BCUT2D eigenvalue weighted by Gasteiger charge is -2.45. The Kier molecular flexibility index (Phi) is 5.11. The number of hydrogen-bond donors (Lipinski definition) is 0. The summed E-state index contributed by atoms with van der Waals surface area (Å²) in [7, 11) is -2.55. The molecule has 3 rings (SSSR count). The van der Waals surface area contributed by atoms with Crippen LogP contribution in [0.1, 0.15) is 33.6 Å². The average Bonchev–Trinajstić information content (AvgIpc) is 2.60. The monoisotopic (exact) mass is 353 g/mol. The van der Waals surface area contributed by atoms with E-state index >= 15 is 0 Å². The van der Waals surface area contributed by atoms with Crippen molar-refractivity contribution in [1.82, 2.24) is 0 Å². The van der Waals surface area contributed by atoms with E-state index in [9.17, 15) is 5.21 Å². The van der Waals surface area contributed by atoms with Crippen LogP contribution in [0, 0.1) is 5.21 Å². The van der Waals surface area contributed by atoms with Crippen LogP contribution in [0.4, 0.5) is 0 Å². The van der Waals surface area contributed by atoms with Gasteiger partial charge in [-0.1, -0.05) is 81.4 Å². The van der Waals surface area contributed by atoms with Gasteiger partial charge in [-0.25, -0.2) is 4.74 Å². The first-order valence-electron chi connectivity index (χ1n) is 8.99. The predicted molar refractivity (Wildman–Crippen MR) is 106 cm³/mol. The van der Waals surface area contributed by atoms with Crippen LogP contribution in [0.15, 0.2) is 60.7 Å². The molecule has 3 nitrogen and oxygen atoms in total. The first-order valence-corrected chi connectivity index (χ1v) is 10.9. The fourth-order valence-electron chi connectivity index (χ4n) is 3.81. The van der Waals surface area contributed by atoms with Crippen molar-refractivity contribution in [2.75, 3.05) is 6.54 Å². The highest BCUT2D eigenvalue weighted by Gasteiger charge is 2.51. The molecule has 25 heavy (non-hydrogen) atoms. The summed E-state index contributed by atoms with van der Waals surface area (Å²) in [5.41, 5.74) is 0. The Bertz CT molecular complexity index is 683. The number of benzene rings is 2. The second kappa shape index (κ2) is 7.14. The minimum Gasteiger partial charge on any atom is -0.624 e. The van der Waals surface area contributed by atoms with Gasteiger partial charge < -0.3 is 9.63 Å². The van der Waals surface area contributed by atoms with E-state index in [0.29, 0.717) is 6.54 Å². The maximum Gasteiger partial charge on any atom is 0.261 e. The molecule has 1 aliphatic heterocycles. The number of nitrogens with zero attached hydrogens (tertiary/aromatic N) is 1. The molecule has 0 amide bonds. The molecule has 0 unspecified atom stereocenters. The summed E-state index contributed by atoms with van der Waals surface area (Å²) in [6.07, 6.45) is 3.38. The molecule has 4 heteroatoms. The summed E-state index contributed by atoms with van der Waals surface area (Å²) in [4.78, 5) is 0. The second-order valence-electron chi connectivity index (χ2n) is 7.76. The van der Waals surface area contributed by atoms with E-state index in [-0.39, 0.29) is 11.1 Å². The van der Waals surface area contributed by atoms with Crippen LogP contribution in [0.5, 0.6) is 0 Å². The first-order chi connectivity index (χ1) is 11.9. The molecule has 132 valence electrons. The molecule has 1 aliphatic rings. The lowest BCUT2D eigenvalue weighted by atomic mass is 10.2. The van der Waals surface area contributed by atoms with E-state index in [1.54, 1.807) is 6.21 Å². The van der Waals surface area contributed by atoms with Crippen molar-refractivity contribution in [3.05, 3.63) is 65.9 Å².